The van der Waals surface area contributed by atoms with Gasteiger partial charge in [-0.25, -0.2) is 9.78 Å². The van der Waals surface area contributed by atoms with Gasteiger partial charge in [-0.2, -0.15) is 0 Å². The zero-order valence-corrected chi connectivity index (χ0v) is 9.70. The standard InChI is InChI=1S/C13H10N2O4/c16-9-4-1-8(2-5-9)3-6-11-14-7-10(13(18)19)12(17)15-11/h1-7,16H,(H,18,19)(H,14,15,17)/b6-3+. The number of hydrogen-bond acceptors (Lipinski definition) is 4. The summed E-state index contributed by atoms with van der Waals surface area (Å²) in [5, 5.41) is 17.8. The van der Waals surface area contributed by atoms with E-state index < -0.39 is 17.1 Å². The summed E-state index contributed by atoms with van der Waals surface area (Å²) in [7, 11) is 0. The number of aromatic carboxylic acids is 1. The van der Waals surface area contributed by atoms with Crippen LogP contribution in [0.1, 0.15) is 21.7 Å². The van der Waals surface area contributed by atoms with Crippen molar-refractivity contribution in [1.29, 1.82) is 0 Å². The molecule has 6 heteroatoms. The van der Waals surface area contributed by atoms with Crippen molar-refractivity contribution in [1.82, 2.24) is 9.97 Å². The Morgan fingerprint density at radius 3 is 2.47 bits per heavy atom. The van der Waals surface area contributed by atoms with Crippen LogP contribution >= 0.6 is 0 Å². The molecule has 0 atom stereocenters. The second-order valence-corrected chi connectivity index (χ2v) is 3.74. The zero-order chi connectivity index (χ0) is 13.8. The average Bonchev–Trinajstić information content (AvgIpc) is 2.37. The van der Waals surface area contributed by atoms with Gasteiger partial charge in [-0.05, 0) is 23.8 Å². The second kappa shape index (κ2) is 5.18. The molecule has 0 radical (unpaired) electrons. The van der Waals surface area contributed by atoms with Crippen molar-refractivity contribution in [3.8, 4) is 5.75 Å². The van der Waals surface area contributed by atoms with Crippen LogP contribution in [0.2, 0.25) is 0 Å². The van der Waals surface area contributed by atoms with Gasteiger partial charge in [-0.1, -0.05) is 18.2 Å². The van der Waals surface area contributed by atoms with Gasteiger partial charge >= 0.3 is 5.97 Å². The van der Waals surface area contributed by atoms with Gasteiger partial charge in [0.2, 0.25) is 0 Å². The molecule has 1 aromatic heterocycles. The summed E-state index contributed by atoms with van der Waals surface area (Å²) in [4.78, 5) is 28.2. The molecule has 0 spiro atoms. The molecule has 1 aromatic carbocycles. The van der Waals surface area contributed by atoms with E-state index >= 15 is 0 Å². The highest BCUT2D eigenvalue weighted by Gasteiger charge is 2.08. The molecule has 2 rings (SSSR count). The number of carbonyl (C=O) groups is 1. The molecule has 19 heavy (non-hydrogen) atoms. The van der Waals surface area contributed by atoms with Crippen molar-refractivity contribution in [3.63, 3.8) is 0 Å². The summed E-state index contributed by atoms with van der Waals surface area (Å²) in [6.07, 6.45) is 4.23. The SMILES string of the molecule is O=C(O)c1cnc(/C=C/c2ccc(O)cc2)[nH]c1=O. The fraction of sp³-hybridized carbons (Fsp3) is 0. The molecular formula is C13H10N2O4. The lowest BCUT2D eigenvalue weighted by Gasteiger charge is -1.96. The highest BCUT2D eigenvalue weighted by Crippen LogP contribution is 2.11. The minimum atomic E-state index is -1.32. The van der Waals surface area contributed by atoms with E-state index in [1.807, 2.05) is 0 Å². The van der Waals surface area contributed by atoms with E-state index in [0.717, 1.165) is 11.8 Å². The summed E-state index contributed by atoms with van der Waals surface area (Å²) in [6, 6.07) is 6.44. The third-order valence-electron chi connectivity index (χ3n) is 2.38. The van der Waals surface area contributed by atoms with Crippen LogP contribution in [0.5, 0.6) is 5.75 Å². The van der Waals surface area contributed by atoms with Crippen LogP contribution in [0.4, 0.5) is 0 Å². The molecule has 0 aliphatic carbocycles. The Hall–Kier alpha value is -2.89. The van der Waals surface area contributed by atoms with Gasteiger partial charge in [0.1, 0.15) is 17.1 Å². The van der Waals surface area contributed by atoms with Crippen LogP contribution in [0.3, 0.4) is 0 Å². The van der Waals surface area contributed by atoms with E-state index in [0.29, 0.717) is 0 Å². The topological polar surface area (TPSA) is 103 Å². The van der Waals surface area contributed by atoms with Crippen LogP contribution in [-0.2, 0) is 0 Å². The number of aromatic amines is 1. The van der Waals surface area contributed by atoms with Crippen molar-refractivity contribution in [2.24, 2.45) is 0 Å². The Balaban J connectivity index is 2.24. The lowest BCUT2D eigenvalue weighted by Crippen LogP contribution is -2.18. The number of hydrogen-bond donors (Lipinski definition) is 3. The Morgan fingerprint density at radius 2 is 1.89 bits per heavy atom. The van der Waals surface area contributed by atoms with Gasteiger partial charge in [-0.3, -0.25) is 4.79 Å². The van der Waals surface area contributed by atoms with E-state index in [4.69, 9.17) is 10.2 Å². The molecule has 0 amide bonds. The molecule has 0 unspecified atom stereocenters. The normalized spacial score (nSPS) is 10.7. The highest BCUT2D eigenvalue weighted by molar-refractivity contribution is 5.86. The first-order valence-corrected chi connectivity index (χ1v) is 5.36. The van der Waals surface area contributed by atoms with Crippen LogP contribution in [-0.4, -0.2) is 26.2 Å². The Morgan fingerprint density at radius 1 is 1.21 bits per heavy atom. The molecular weight excluding hydrogens is 248 g/mol. The third-order valence-corrected chi connectivity index (χ3v) is 2.38. The minimum Gasteiger partial charge on any atom is -0.508 e. The summed E-state index contributed by atoms with van der Waals surface area (Å²) in [5.41, 5.74) is -0.294. The number of H-pyrrole nitrogens is 1. The summed E-state index contributed by atoms with van der Waals surface area (Å²) in [5.74, 6) is -0.902. The zero-order valence-electron chi connectivity index (χ0n) is 9.70. The van der Waals surface area contributed by atoms with Crippen molar-refractivity contribution < 1.29 is 15.0 Å². The number of aromatic nitrogens is 2. The Bertz CT molecular complexity index is 687. The molecule has 0 aliphatic heterocycles. The third kappa shape index (κ3) is 3.06. The monoisotopic (exact) mass is 258 g/mol. The lowest BCUT2D eigenvalue weighted by molar-refractivity contribution is 0.0694. The maximum Gasteiger partial charge on any atom is 0.342 e. The first-order valence-electron chi connectivity index (χ1n) is 5.36. The second-order valence-electron chi connectivity index (χ2n) is 3.74. The van der Waals surface area contributed by atoms with Crippen molar-refractivity contribution in [3.05, 3.63) is 57.8 Å². The lowest BCUT2D eigenvalue weighted by atomic mass is 10.2. The number of nitrogens with zero attached hydrogens (tertiary/aromatic N) is 1. The minimum absolute atomic E-state index is 0.162. The number of benzene rings is 1. The summed E-state index contributed by atoms with van der Waals surface area (Å²) in [6.45, 7) is 0. The molecule has 0 aliphatic rings. The molecule has 6 nitrogen and oxygen atoms in total. The molecule has 1 heterocycles. The van der Waals surface area contributed by atoms with Crippen LogP contribution in [0.15, 0.2) is 35.3 Å². The van der Waals surface area contributed by atoms with Crippen LogP contribution in [0.25, 0.3) is 12.2 Å². The van der Waals surface area contributed by atoms with Gasteiger partial charge in [-0.15, -0.1) is 0 Å². The van der Waals surface area contributed by atoms with Crippen LogP contribution in [0, 0.1) is 0 Å². The Labute approximate surface area is 107 Å². The number of rotatable bonds is 3. The van der Waals surface area contributed by atoms with E-state index in [1.54, 1.807) is 24.3 Å². The van der Waals surface area contributed by atoms with Crippen LogP contribution < -0.4 is 5.56 Å². The highest BCUT2D eigenvalue weighted by atomic mass is 16.4. The number of nitrogens with one attached hydrogen (secondary N) is 1. The van der Waals surface area contributed by atoms with Crippen molar-refractivity contribution >= 4 is 18.1 Å². The maximum atomic E-state index is 11.4. The summed E-state index contributed by atoms with van der Waals surface area (Å²) < 4.78 is 0. The predicted octanol–water partition coefficient (Wildman–Crippen LogP) is 1.34. The fourth-order valence-corrected chi connectivity index (χ4v) is 1.41. The van der Waals surface area contributed by atoms with Gasteiger partial charge < -0.3 is 15.2 Å². The van der Waals surface area contributed by atoms with Gasteiger partial charge in [0.05, 0.1) is 0 Å². The summed E-state index contributed by atoms with van der Waals surface area (Å²) >= 11 is 0. The first-order chi connectivity index (χ1) is 9.06. The molecule has 0 saturated carbocycles. The smallest absolute Gasteiger partial charge is 0.342 e. The molecule has 0 bridgehead atoms. The molecule has 96 valence electrons. The van der Waals surface area contributed by atoms with E-state index in [2.05, 4.69) is 9.97 Å². The average molecular weight is 258 g/mol. The number of aromatic hydroxyl groups is 1. The fourth-order valence-electron chi connectivity index (χ4n) is 1.41. The quantitative estimate of drug-likeness (QED) is 0.770. The van der Waals surface area contributed by atoms with E-state index in [-0.39, 0.29) is 11.6 Å². The van der Waals surface area contributed by atoms with Gasteiger partial charge in [0.15, 0.2) is 0 Å². The largest absolute Gasteiger partial charge is 0.508 e. The number of phenolic OH excluding ortho intramolecular Hbond substituents is 1. The molecule has 3 N–H and O–H groups in total. The first kappa shape index (κ1) is 12.6. The van der Waals surface area contributed by atoms with E-state index in [1.165, 1.54) is 12.1 Å². The Kier molecular flexibility index (Phi) is 3.42. The van der Waals surface area contributed by atoms with Gasteiger partial charge in [0, 0.05) is 6.20 Å². The maximum absolute atomic E-state index is 11.4. The number of carboxylic acid groups (broad SMARTS) is 1. The molecule has 0 saturated heterocycles. The number of phenols is 1. The number of carboxylic acids is 1. The van der Waals surface area contributed by atoms with Crippen molar-refractivity contribution in [2.45, 2.75) is 0 Å². The molecule has 0 fully saturated rings. The van der Waals surface area contributed by atoms with Crippen molar-refractivity contribution in [2.75, 3.05) is 0 Å². The molecule has 2 aromatic rings. The predicted molar refractivity (Wildman–Crippen MR) is 68.9 cm³/mol. The van der Waals surface area contributed by atoms with Gasteiger partial charge in [0.25, 0.3) is 5.56 Å². The van der Waals surface area contributed by atoms with E-state index in [9.17, 15) is 9.59 Å².